The van der Waals surface area contributed by atoms with Crippen LogP contribution in [0.2, 0.25) is 0 Å². The second-order valence-electron chi connectivity index (χ2n) is 6.82. The van der Waals surface area contributed by atoms with E-state index < -0.39 is 0 Å². The van der Waals surface area contributed by atoms with Crippen LogP contribution in [0.3, 0.4) is 0 Å². The lowest BCUT2D eigenvalue weighted by Crippen LogP contribution is -2.01. The van der Waals surface area contributed by atoms with Crippen LogP contribution in [0.25, 0.3) is 11.4 Å². The van der Waals surface area contributed by atoms with E-state index in [1.54, 1.807) is 10.9 Å². The topological polar surface area (TPSA) is 55.2 Å². The average molecular weight is 381 g/mol. The van der Waals surface area contributed by atoms with Crippen LogP contribution >= 0.6 is 12.2 Å². The van der Waals surface area contributed by atoms with Crippen molar-refractivity contribution in [2.24, 2.45) is 11.0 Å². The van der Waals surface area contributed by atoms with Crippen molar-refractivity contribution in [1.82, 2.24) is 14.9 Å². The highest BCUT2D eigenvalue weighted by molar-refractivity contribution is 7.71. The number of aromatic amines is 1. The van der Waals surface area contributed by atoms with Crippen LogP contribution in [0, 0.1) is 17.6 Å². The van der Waals surface area contributed by atoms with Crippen LogP contribution in [-0.2, 0) is 0 Å². The van der Waals surface area contributed by atoms with Gasteiger partial charge in [-0.15, -0.1) is 0 Å². The van der Waals surface area contributed by atoms with Gasteiger partial charge in [-0.1, -0.05) is 38.1 Å². The molecule has 0 aliphatic rings. The van der Waals surface area contributed by atoms with Crippen LogP contribution in [-0.4, -0.2) is 27.7 Å². The molecule has 0 amide bonds. The Balaban J connectivity index is 1.76. The summed E-state index contributed by atoms with van der Waals surface area (Å²) in [6, 6.07) is 15.9. The van der Waals surface area contributed by atoms with Gasteiger partial charge in [0.05, 0.1) is 12.8 Å². The van der Waals surface area contributed by atoms with Crippen molar-refractivity contribution < 1.29 is 4.74 Å². The van der Waals surface area contributed by atoms with Gasteiger partial charge in [-0.05, 0) is 66.9 Å². The van der Waals surface area contributed by atoms with Crippen molar-refractivity contribution in [3.8, 4) is 17.1 Å². The molecular weight excluding hydrogens is 356 g/mol. The number of nitrogens with zero attached hydrogens (tertiary/aromatic N) is 3. The molecule has 6 heteroatoms. The Hall–Kier alpha value is -2.73. The number of benzene rings is 2. The third-order valence-electron chi connectivity index (χ3n) is 4.20. The van der Waals surface area contributed by atoms with Crippen LogP contribution in [0.4, 0.5) is 0 Å². The van der Waals surface area contributed by atoms with Crippen LogP contribution in [0.5, 0.6) is 5.75 Å². The molecule has 140 valence electrons. The molecule has 27 heavy (non-hydrogen) atoms. The maximum atomic E-state index is 5.75. The third-order valence-corrected chi connectivity index (χ3v) is 4.47. The maximum absolute atomic E-state index is 5.75. The molecule has 0 atom stereocenters. The summed E-state index contributed by atoms with van der Waals surface area (Å²) in [6.07, 6.45) is 2.81. The van der Waals surface area contributed by atoms with Crippen molar-refractivity contribution in [3.63, 3.8) is 0 Å². The SMILES string of the molecule is Cc1ccccc1-c1n[nH]c(=S)n1/N=C\c1ccc(OCCC(C)C)cc1. The van der Waals surface area contributed by atoms with E-state index in [9.17, 15) is 0 Å². The van der Waals surface area contributed by atoms with Gasteiger partial charge in [0.25, 0.3) is 0 Å². The fourth-order valence-corrected chi connectivity index (χ4v) is 2.76. The van der Waals surface area contributed by atoms with E-state index in [4.69, 9.17) is 17.0 Å². The van der Waals surface area contributed by atoms with Crippen molar-refractivity contribution >= 4 is 18.4 Å². The molecule has 0 fully saturated rings. The van der Waals surface area contributed by atoms with Gasteiger partial charge in [0, 0.05) is 5.56 Å². The smallest absolute Gasteiger partial charge is 0.216 e. The Kier molecular flexibility index (Phi) is 6.19. The largest absolute Gasteiger partial charge is 0.494 e. The predicted molar refractivity (Wildman–Crippen MR) is 112 cm³/mol. The van der Waals surface area contributed by atoms with E-state index >= 15 is 0 Å². The number of aromatic nitrogens is 3. The summed E-state index contributed by atoms with van der Waals surface area (Å²) in [4.78, 5) is 0. The van der Waals surface area contributed by atoms with Gasteiger partial charge < -0.3 is 4.74 Å². The molecule has 0 saturated heterocycles. The number of rotatable bonds is 7. The Bertz CT molecular complexity index is 970. The number of hydrogen-bond acceptors (Lipinski definition) is 4. The molecule has 0 aliphatic carbocycles. The van der Waals surface area contributed by atoms with Crippen molar-refractivity contribution in [2.75, 3.05) is 6.61 Å². The predicted octanol–water partition coefficient (Wildman–Crippen LogP) is 5.22. The highest BCUT2D eigenvalue weighted by Crippen LogP contribution is 2.21. The molecule has 1 aromatic heterocycles. The molecule has 1 heterocycles. The molecule has 0 saturated carbocycles. The highest BCUT2D eigenvalue weighted by atomic mass is 32.1. The Labute approximate surface area is 164 Å². The summed E-state index contributed by atoms with van der Waals surface area (Å²) in [5.74, 6) is 2.20. The van der Waals surface area contributed by atoms with E-state index in [2.05, 4.69) is 29.1 Å². The van der Waals surface area contributed by atoms with Crippen LogP contribution in [0.1, 0.15) is 31.4 Å². The summed E-state index contributed by atoms with van der Waals surface area (Å²) in [7, 11) is 0. The van der Waals surface area contributed by atoms with Gasteiger partial charge in [0.1, 0.15) is 5.75 Å². The molecule has 3 aromatic rings. The van der Waals surface area contributed by atoms with Gasteiger partial charge in [-0.25, -0.2) is 5.10 Å². The normalized spacial score (nSPS) is 11.4. The zero-order valence-corrected chi connectivity index (χ0v) is 16.7. The molecule has 0 radical (unpaired) electrons. The van der Waals surface area contributed by atoms with E-state index in [0.29, 0.717) is 16.5 Å². The molecular formula is C21H24N4OS. The zero-order chi connectivity index (χ0) is 19.2. The Morgan fingerprint density at radius 2 is 1.93 bits per heavy atom. The van der Waals surface area contributed by atoms with E-state index in [0.717, 1.165) is 35.5 Å². The highest BCUT2D eigenvalue weighted by Gasteiger charge is 2.10. The lowest BCUT2D eigenvalue weighted by molar-refractivity contribution is 0.289. The fraction of sp³-hybridized carbons (Fsp3) is 0.286. The Morgan fingerprint density at radius 3 is 2.63 bits per heavy atom. The third kappa shape index (κ3) is 4.92. The number of H-pyrrole nitrogens is 1. The van der Waals surface area contributed by atoms with Crippen LogP contribution in [0.15, 0.2) is 53.6 Å². The quantitative estimate of drug-likeness (QED) is 0.451. The second kappa shape index (κ2) is 8.77. The maximum Gasteiger partial charge on any atom is 0.216 e. The van der Waals surface area contributed by atoms with E-state index in [1.165, 1.54) is 0 Å². The lowest BCUT2D eigenvalue weighted by Gasteiger charge is -2.08. The first kappa shape index (κ1) is 19.0. The van der Waals surface area contributed by atoms with Gasteiger partial charge in [-0.2, -0.15) is 14.9 Å². The minimum Gasteiger partial charge on any atom is -0.494 e. The molecule has 0 spiro atoms. The van der Waals surface area contributed by atoms with Crippen LogP contribution < -0.4 is 4.74 Å². The summed E-state index contributed by atoms with van der Waals surface area (Å²) in [6.45, 7) is 7.15. The monoisotopic (exact) mass is 380 g/mol. The minimum absolute atomic E-state index is 0.457. The van der Waals surface area contributed by atoms with Gasteiger partial charge in [0.2, 0.25) is 4.77 Å². The molecule has 5 nitrogen and oxygen atoms in total. The summed E-state index contributed by atoms with van der Waals surface area (Å²) < 4.78 is 7.85. The number of ether oxygens (including phenoxy) is 1. The first-order valence-electron chi connectivity index (χ1n) is 9.05. The second-order valence-corrected chi connectivity index (χ2v) is 7.21. The molecule has 0 bridgehead atoms. The number of aryl methyl sites for hydroxylation is 1. The fourth-order valence-electron chi connectivity index (χ4n) is 2.58. The minimum atomic E-state index is 0.457. The summed E-state index contributed by atoms with van der Waals surface area (Å²) in [5.41, 5.74) is 3.08. The van der Waals surface area contributed by atoms with Gasteiger partial charge in [0.15, 0.2) is 5.82 Å². The van der Waals surface area contributed by atoms with E-state index in [1.807, 2.05) is 55.5 Å². The molecule has 0 unspecified atom stereocenters. The molecule has 1 N–H and O–H groups in total. The first-order valence-corrected chi connectivity index (χ1v) is 9.46. The van der Waals surface area contributed by atoms with Crippen molar-refractivity contribution in [2.45, 2.75) is 27.2 Å². The first-order chi connectivity index (χ1) is 13.0. The Morgan fingerprint density at radius 1 is 1.19 bits per heavy atom. The average Bonchev–Trinajstić information content (AvgIpc) is 3.01. The summed E-state index contributed by atoms with van der Waals surface area (Å²) >= 11 is 5.33. The number of nitrogens with one attached hydrogen (secondary N) is 1. The zero-order valence-electron chi connectivity index (χ0n) is 15.8. The molecule has 0 aliphatic heterocycles. The van der Waals surface area contributed by atoms with Crippen molar-refractivity contribution in [1.29, 1.82) is 0 Å². The molecule has 2 aromatic carbocycles. The van der Waals surface area contributed by atoms with Gasteiger partial charge >= 0.3 is 0 Å². The number of hydrogen-bond donors (Lipinski definition) is 1. The summed E-state index contributed by atoms with van der Waals surface area (Å²) in [5, 5.41) is 11.7. The van der Waals surface area contributed by atoms with Gasteiger partial charge in [-0.3, -0.25) is 0 Å². The standard InChI is InChI=1S/C21H24N4OS/c1-15(2)12-13-26-18-10-8-17(9-11-18)14-22-25-20(23-24-21(25)27)19-7-5-4-6-16(19)3/h4-11,14-15H,12-13H2,1-3H3,(H,24,27)/b22-14-. The molecule has 3 rings (SSSR count). The lowest BCUT2D eigenvalue weighted by atomic mass is 10.1. The van der Waals surface area contributed by atoms with Crippen molar-refractivity contribution in [3.05, 3.63) is 64.4 Å². The van der Waals surface area contributed by atoms with E-state index in [-0.39, 0.29) is 0 Å².